The Kier molecular flexibility index (Phi) is 5.54. The van der Waals surface area contributed by atoms with Crippen molar-refractivity contribution >= 4 is 17.5 Å². The van der Waals surface area contributed by atoms with Crippen molar-refractivity contribution in [3.8, 4) is 11.5 Å². The van der Waals surface area contributed by atoms with Crippen LogP contribution in [0.2, 0.25) is 0 Å². The Morgan fingerprint density at radius 3 is 2.18 bits per heavy atom. The van der Waals surface area contributed by atoms with Crippen molar-refractivity contribution in [1.29, 1.82) is 0 Å². The van der Waals surface area contributed by atoms with Crippen LogP contribution in [0, 0.1) is 0 Å². The van der Waals surface area contributed by atoms with Gasteiger partial charge in [-0.1, -0.05) is 25.1 Å². The van der Waals surface area contributed by atoms with E-state index in [1.807, 2.05) is 30.3 Å². The van der Waals surface area contributed by atoms with Crippen molar-refractivity contribution in [2.75, 3.05) is 11.9 Å². The van der Waals surface area contributed by atoms with E-state index in [0.29, 0.717) is 17.9 Å². The van der Waals surface area contributed by atoms with Gasteiger partial charge in [0.2, 0.25) is 11.8 Å². The first-order chi connectivity index (χ1) is 10.7. The molecule has 0 spiro atoms. The van der Waals surface area contributed by atoms with Gasteiger partial charge in [0, 0.05) is 12.1 Å². The van der Waals surface area contributed by atoms with Crippen molar-refractivity contribution in [1.82, 2.24) is 5.32 Å². The lowest BCUT2D eigenvalue weighted by Crippen LogP contribution is -2.32. The summed E-state index contributed by atoms with van der Waals surface area (Å²) in [7, 11) is 0. The Hall–Kier alpha value is -2.82. The van der Waals surface area contributed by atoms with E-state index >= 15 is 0 Å². The second kappa shape index (κ2) is 7.83. The molecule has 0 fully saturated rings. The Morgan fingerprint density at radius 1 is 0.909 bits per heavy atom. The van der Waals surface area contributed by atoms with E-state index in [-0.39, 0.29) is 18.4 Å². The van der Waals surface area contributed by atoms with Gasteiger partial charge in [-0.25, -0.2) is 0 Å². The molecule has 2 N–H and O–H groups in total. The summed E-state index contributed by atoms with van der Waals surface area (Å²) in [5.41, 5.74) is 0.649. The molecule has 0 unspecified atom stereocenters. The Labute approximate surface area is 129 Å². The highest BCUT2D eigenvalue weighted by atomic mass is 16.5. The molecule has 5 nitrogen and oxygen atoms in total. The summed E-state index contributed by atoms with van der Waals surface area (Å²) in [6, 6.07) is 16.5. The van der Waals surface area contributed by atoms with Gasteiger partial charge in [-0.2, -0.15) is 0 Å². The molecule has 2 rings (SSSR count). The number of hydrogen-bond donors (Lipinski definition) is 2. The van der Waals surface area contributed by atoms with Gasteiger partial charge in [-0.05, 0) is 36.4 Å². The fourth-order valence-corrected chi connectivity index (χ4v) is 1.74. The number of carbonyl (C=O) groups excluding carboxylic acids is 2. The highest BCUT2D eigenvalue weighted by Crippen LogP contribution is 2.22. The molecule has 22 heavy (non-hydrogen) atoms. The lowest BCUT2D eigenvalue weighted by molar-refractivity contribution is -0.123. The first-order valence-electron chi connectivity index (χ1n) is 7.07. The van der Waals surface area contributed by atoms with Crippen LogP contribution in [0.25, 0.3) is 0 Å². The molecule has 2 aromatic rings. The average Bonchev–Trinajstić information content (AvgIpc) is 2.55. The van der Waals surface area contributed by atoms with Gasteiger partial charge in [0.1, 0.15) is 11.5 Å². The quantitative estimate of drug-likeness (QED) is 0.861. The summed E-state index contributed by atoms with van der Waals surface area (Å²) in [6.07, 6.45) is 0.360. The van der Waals surface area contributed by atoms with Crippen LogP contribution in [-0.4, -0.2) is 18.4 Å². The summed E-state index contributed by atoms with van der Waals surface area (Å²) in [4.78, 5) is 22.7. The Morgan fingerprint density at radius 2 is 1.55 bits per heavy atom. The third kappa shape index (κ3) is 4.94. The molecule has 0 aliphatic rings. The molecular formula is C17H18N2O3. The van der Waals surface area contributed by atoms with Crippen LogP contribution in [0.4, 0.5) is 5.69 Å². The molecule has 0 atom stereocenters. The smallest absolute Gasteiger partial charge is 0.243 e. The van der Waals surface area contributed by atoms with Gasteiger partial charge < -0.3 is 15.4 Å². The number of para-hydroxylation sites is 1. The molecule has 0 aromatic heterocycles. The number of ether oxygens (including phenoxy) is 1. The third-order valence-corrected chi connectivity index (χ3v) is 2.88. The molecule has 0 radical (unpaired) electrons. The summed E-state index contributed by atoms with van der Waals surface area (Å²) in [5.74, 6) is 1.02. The van der Waals surface area contributed by atoms with Gasteiger partial charge in [0.05, 0.1) is 6.54 Å². The van der Waals surface area contributed by atoms with E-state index in [0.717, 1.165) is 5.75 Å². The largest absolute Gasteiger partial charge is 0.457 e. The molecular weight excluding hydrogens is 280 g/mol. The molecule has 0 saturated carbocycles. The molecule has 0 saturated heterocycles. The highest BCUT2D eigenvalue weighted by molar-refractivity contribution is 5.94. The number of rotatable bonds is 6. The predicted octanol–water partition coefficient (Wildman–Crippen LogP) is 2.94. The Balaban J connectivity index is 1.86. The van der Waals surface area contributed by atoms with Crippen molar-refractivity contribution < 1.29 is 14.3 Å². The topological polar surface area (TPSA) is 67.4 Å². The second-order valence-electron chi connectivity index (χ2n) is 4.62. The zero-order chi connectivity index (χ0) is 15.8. The third-order valence-electron chi connectivity index (χ3n) is 2.88. The SMILES string of the molecule is CCC(=O)NCC(=O)Nc1ccc(Oc2ccccc2)cc1. The van der Waals surface area contributed by atoms with Crippen molar-refractivity contribution in [3.05, 3.63) is 54.6 Å². The van der Waals surface area contributed by atoms with Crippen molar-refractivity contribution in [2.45, 2.75) is 13.3 Å². The number of anilines is 1. The normalized spacial score (nSPS) is 9.86. The van der Waals surface area contributed by atoms with E-state index in [9.17, 15) is 9.59 Å². The zero-order valence-electron chi connectivity index (χ0n) is 12.3. The molecule has 0 heterocycles. The summed E-state index contributed by atoms with van der Waals surface area (Å²) in [6.45, 7) is 1.70. The first kappa shape index (κ1) is 15.6. The Bertz CT molecular complexity index is 624. The van der Waals surface area contributed by atoms with E-state index in [2.05, 4.69) is 10.6 Å². The van der Waals surface area contributed by atoms with Gasteiger partial charge in [0.15, 0.2) is 0 Å². The van der Waals surface area contributed by atoms with Crippen LogP contribution in [0.15, 0.2) is 54.6 Å². The van der Waals surface area contributed by atoms with Gasteiger partial charge in [-0.15, -0.1) is 0 Å². The molecule has 0 bridgehead atoms. The minimum atomic E-state index is -0.265. The number of hydrogen-bond acceptors (Lipinski definition) is 3. The van der Waals surface area contributed by atoms with Crippen LogP contribution in [-0.2, 0) is 9.59 Å². The van der Waals surface area contributed by atoms with Gasteiger partial charge in [-0.3, -0.25) is 9.59 Å². The molecule has 2 aromatic carbocycles. The highest BCUT2D eigenvalue weighted by Gasteiger charge is 2.04. The maximum absolute atomic E-state index is 11.7. The van der Waals surface area contributed by atoms with Crippen LogP contribution in [0.1, 0.15) is 13.3 Å². The first-order valence-corrected chi connectivity index (χ1v) is 7.07. The zero-order valence-corrected chi connectivity index (χ0v) is 12.3. The second-order valence-corrected chi connectivity index (χ2v) is 4.62. The average molecular weight is 298 g/mol. The van der Waals surface area contributed by atoms with E-state index in [1.54, 1.807) is 31.2 Å². The number of benzene rings is 2. The standard InChI is InChI=1S/C17H18N2O3/c1-2-16(20)18-12-17(21)19-13-8-10-15(11-9-13)22-14-6-4-3-5-7-14/h3-11H,2,12H2,1H3,(H,18,20)(H,19,21). The summed E-state index contributed by atoms with van der Waals surface area (Å²) < 4.78 is 5.66. The van der Waals surface area contributed by atoms with Crippen LogP contribution in [0.3, 0.4) is 0 Å². The minimum absolute atomic E-state index is 0.0328. The van der Waals surface area contributed by atoms with Gasteiger partial charge in [0.25, 0.3) is 0 Å². The fraction of sp³-hybridized carbons (Fsp3) is 0.176. The lowest BCUT2D eigenvalue weighted by Gasteiger charge is -2.08. The maximum atomic E-state index is 11.7. The minimum Gasteiger partial charge on any atom is -0.457 e. The van der Waals surface area contributed by atoms with Crippen LogP contribution < -0.4 is 15.4 Å². The van der Waals surface area contributed by atoms with E-state index < -0.39 is 0 Å². The number of nitrogens with one attached hydrogen (secondary N) is 2. The summed E-state index contributed by atoms with van der Waals surface area (Å²) in [5, 5.41) is 5.22. The van der Waals surface area contributed by atoms with Gasteiger partial charge >= 0.3 is 0 Å². The number of carbonyl (C=O) groups is 2. The molecule has 114 valence electrons. The van der Waals surface area contributed by atoms with Crippen molar-refractivity contribution in [3.63, 3.8) is 0 Å². The molecule has 2 amide bonds. The van der Waals surface area contributed by atoms with Crippen molar-refractivity contribution in [2.24, 2.45) is 0 Å². The maximum Gasteiger partial charge on any atom is 0.243 e. The van der Waals surface area contributed by atoms with Crippen LogP contribution >= 0.6 is 0 Å². The van der Waals surface area contributed by atoms with E-state index in [1.165, 1.54) is 0 Å². The summed E-state index contributed by atoms with van der Waals surface area (Å²) >= 11 is 0. The molecule has 5 heteroatoms. The van der Waals surface area contributed by atoms with E-state index in [4.69, 9.17) is 4.74 Å². The molecule has 0 aliphatic heterocycles. The predicted molar refractivity (Wildman–Crippen MR) is 84.9 cm³/mol. The van der Waals surface area contributed by atoms with Crippen LogP contribution in [0.5, 0.6) is 11.5 Å². The fourth-order valence-electron chi connectivity index (χ4n) is 1.74. The molecule has 0 aliphatic carbocycles. The number of amides is 2. The monoisotopic (exact) mass is 298 g/mol. The lowest BCUT2D eigenvalue weighted by atomic mass is 10.3.